The molecule has 0 fully saturated rings. The van der Waals surface area contributed by atoms with Crippen LogP contribution < -0.4 is 9.47 Å². The van der Waals surface area contributed by atoms with Crippen LogP contribution in [0.2, 0.25) is 0 Å². The van der Waals surface area contributed by atoms with E-state index in [0.717, 1.165) is 74.0 Å². The van der Waals surface area contributed by atoms with Gasteiger partial charge in [-0.25, -0.2) is 0 Å². The Kier molecular flexibility index (Phi) is 17.8. The van der Waals surface area contributed by atoms with Gasteiger partial charge < -0.3 is 18.9 Å². The zero-order chi connectivity index (χ0) is 30.7. The smallest absolute Gasteiger partial charge is 0.305 e. The predicted molar refractivity (Wildman–Crippen MR) is 168 cm³/mol. The number of benzene rings is 1. The average molecular weight is 577 g/mol. The molecule has 6 nitrogen and oxygen atoms in total. The first-order valence-electron chi connectivity index (χ1n) is 16.2. The van der Waals surface area contributed by atoms with E-state index in [1.54, 1.807) is 7.11 Å². The number of carbonyl (C=O) groups is 2. The van der Waals surface area contributed by atoms with E-state index in [1.165, 1.54) is 25.7 Å². The molecule has 236 valence electrons. The van der Waals surface area contributed by atoms with Gasteiger partial charge in [0.25, 0.3) is 0 Å². The molecule has 0 radical (unpaired) electrons. The molecule has 1 aromatic rings. The first-order valence-corrected chi connectivity index (χ1v) is 16.2. The molecule has 0 aromatic heterocycles. The third kappa shape index (κ3) is 14.0. The molecule has 0 aliphatic rings. The molecule has 0 atom stereocenters. The van der Waals surface area contributed by atoms with E-state index in [9.17, 15) is 9.59 Å². The van der Waals surface area contributed by atoms with Gasteiger partial charge in [0.2, 0.25) is 0 Å². The Morgan fingerprint density at radius 1 is 0.634 bits per heavy atom. The van der Waals surface area contributed by atoms with Gasteiger partial charge in [0.05, 0.1) is 26.9 Å². The lowest BCUT2D eigenvalue weighted by molar-refractivity contribution is -0.144. The first kappa shape index (κ1) is 36.8. The van der Waals surface area contributed by atoms with E-state index in [4.69, 9.17) is 18.9 Å². The van der Waals surface area contributed by atoms with Gasteiger partial charge in [0.1, 0.15) is 11.5 Å². The molecule has 0 amide bonds. The zero-order valence-corrected chi connectivity index (χ0v) is 27.6. The standard InChI is InChI=1S/C35H60O6/c1-9-12-14-16-24-40-32(36)20-18-22-34(4,5)28-27-31(39-11-3)29(26-30(28)38-8)35(6,7)23-19-21-33(37)41-25-17-15-13-10-2/h26-27H,9-25H2,1-8H3. The second-order valence-corrected chi connectivity index (χ2v) is 12.5. The normalized spacial score (nSPS) is 11.8. The molecular weight excluding hydrogens is 516 g/mol. The van der Waals surface area contributed by atoms with E-state index in [-0.39, 0.29) is 22.8 Å². The van der Waals surface area contributed by atoms with Gasteiger partial charge in [-0.2, -0.15) is 0 Å². The lowest BCUT2D eigenvalue weighted by Crippen LogP contribution is -2.23. The molecule has 1 rings (SSSR count). The summed E-state index contributed by atoms with van der Waals surface area (Å²) >= 11 is 0. The van der Waals surface area contributed by atoms with E-state index in [1.807, 2.05) is 6.92 Å². The number of ether oxygens (including phenoxy) is 4. The number of rotatable bonds is 23. The minimum atomic E-state index is -0.220. The van der Waals surface area contributed by atoms with Crippen LogP contribution in [0.4, 0.5) is 0 Å². The van der Waals surface area contributed by atoms with Crippen LogP contribution in [-0.4, -0.2) is 38.9 Å². The van der Waals surface area contributed by atoms with Crippen molar-refractivity contribution < 1.29 is 28.5 Å². The van der Waals surface area contributed by atoms with Gasteiger partial charge >= 0.3 is 11.9 Å². The highest BCUT2D eigenvalue weighted by atomic mass is 16.5. The minimum Gasteiger partial charge on any atom is -0.496 e. The zero-order valence-electron chi connectivity index (χ0n) is 27.6. The van der Waals surface area contributed by atoms with Crippen LogP contribution in [0.5, 0.6) is 11.5 Å². The number of hydrogen-bond donors (Lipinski definition) is 0. The summed E-state index contributed by atoms with van der Waals surface area (Å²) in [4.78, 5) is 24.5. The molecular formula is C35H60O6. The summed E-state index contributed by atoms with van der Waals surface area (Å²) in [5, 5.41) is 0. The lowest BCUT2D eigenvalue weighted by Gasteiger charge is -2.32. The molecule has 0 aliphatic heterocycles. The van der Waals surface area contributed by atoms with Crippen LogP contribution in [0.25, 0.3) is 0 Å². The van der Waals surface area contributed by atoms with Crippen LogP contribution in [-0.2, 0) is 29.9 Å². The maximum Gasteiger partial charge on any atom is 0.305 e. The molecule has 0 aliphatic carbocycles. The Hall–Kier alpha value is -2.24. The summed E-state index contributed by atoms with van der Waals surface area (Å²) in [6.07, 6.45) is 12.8. The molecule has 0 unspecified atom stereocenters. The fourth-order valence-corrected chi connectivity index (χ4v) is 5.25. The highest BCUT2D eigenvalue weighted by molar-refractivity contribution is 5.69. The SMILES string of the molecule is CCCCCCOC(=O)CCCC(C)(C)c1cc(OCC)c(C(C)(C)CCCC(=O)OCCCCCC)cc1OC. The Morgan fingerprint density at radius 3 is 1.49 bits per heavy atom. The summed E-state index contributed by atoms with van der Waals surface area (Å²) in [5.41, 5.74) is 1.71. The largest absolute Gasteiger partial charge is 0.496 e. The highest BCUT2D eigenvalue weighted by Gasteiger charge is 2.31. The van der Waals surface area contributed by atoms with Gasteiger partial charge in [-0.15, -0.1) is 0 Å². The minimum absolute atomic E-state index is 0.114. The monoisotopic (exact) mass is 576 g/mol. The number of hydrogen-bond acceptors (Lipinski definition) is 6. The van der Waals surface area contributed by atoms with Crippen molar-refractivity contribution in [3.05, 3.63) is 23.3 Å². The van der Waals surface area contributed by atoms with E-state index >= 15 is 0 Å². The quantitative estimate of drug-likeness (QED) is 0.0955. The van der Waals surface area contributed by atoms with Crippen LogP contribution in [0.1, 0.15) is 149 Å². The number of esters is 2. The van der Waals surface area contributed by atoms with E-state index in [0.29, 0.717) is 32.7 Å². The summed E-state index contributed by atoms with van der Waals surface area (Å²) < 4.78 is 22.9. The number of carbonyl (C=O) groups excluding carboxylic acids is 2. The molecule has 41 heavy (non-hydrogen) atoms. The molecule has 0 heterocycles. The van der Waals surface area contributed by atoms with Crippen LogP contribution in [0.15, 0.2) is 12.1 Å². The Bertz CT molecular complexity index is 889. The molecule has 0 N–H and O–H groups in total. The van der Waals surface area contributed by atoms with Crippen molar-refractivity contribution in [2.75, 3.05) is 26.9 Å². The van der Waals surface area contributed by atoms with Crippen molar-refractivity contribution in [2.45, 2.75) is 149 Å². The van der Waals surface area contributed by atoms with Crippen molar-refractivity contribution in [1.29, 1.82) is 0 Å². The van der Waals surface area contributed by atoms with Gasteiger partial charge in [0, 0.05) is 24.0 Å². The van der Waals surface area contributed by atoms with E-state index < -0.39 is 0 Å². The van der Waals surface area contributed by atoms with E-state index in [2.05, 4.69) is 53.7 Å². The maximum absolute atomic E-state index is 12.2. The highest BCUT2D eigenvalue weighted by Crippen LogP contribution is 2.44. The molecule has 0 saturated carbocycles. The third-order valence-corrected chi connectivity index (χ3v) is 7.95. The Morgan fingerprint density at radius 2 is 1.07 bits per heavy atom. The molecule has 0 bridgehead atoms. The summed E-state index contributed by atoms with van der Waals surface area (Å²) in [6.45, 7) is 16.7. The number of unbranched alkanes of at least 4 members (excludes halogenated alkanes) is 6. The second-order valence-electron chi connectivity index (χ2n) is 12.5. The molecule has 0 spiro atoms. The van der Waals surface area contributed by atoms with Gasteiger partial charge in [0.15, 0.2) is 0 Å². The van der Waals surface area contributed by atoms with Crippen molar-refractivity contribution in [3.8, 4) is 11.5 Å². The Balaban J connectivity index is 2.85. The number of methoxy groups -OCH3 is 1. The van der Waals surface area contributed by atoms with Gasteiger partial charge in [-0.1, -0.05) is 80.1 Å². The van der Waals surface area contributed by atoms with Gasteiger partial charge in [-0.05, 0) is 68.4 Å². The van der Waals surface area contributed by atoms with Crippen LogP contribution >= 0.6 is 0 Å². The third-order valence-electron chi connectivity index (χ3n) is 7.95. The molecule has 1 aromatic carbocycles. The first-order chi connectivity index (χ1) is 19.5. The van der Waals surface area contributed by atoms with Crippen LogP contribution in [0.3, 0.4) is 0 Å². The summed E-state index contributed by atoms with van der Waals surface area (Å²) in [6, 6.07) is 4.23. The lowest BCUT2D eigenvalue weighted by atomic mass is 9.75. The summed E-state index contributed by atoms with van der Waals surface area (Å²) in [7, 11) is 1.71. The van der Waals surface area contributed by atoms with Crippen molar-refractivity contribution in [3.63, 3.8) is 0 Å². The maximum atomic E-state index is 12.2. The predicted octanol–water partition coefficient (Wildman–Crippen LogP) is 9.24. The average Bonchev–Trinajstić information content (AvgIpc) is 2.92. The molecule has 6 heteroatoms. The second kappa shape index (κ2) is 19.8. The van der Waals surface area contributed by atoms with Crippen LogP contribution in [0, 0.1) is 0 Å². The van der Waals surface area contributed by atoms with Gasteiger partial charge in [-0.3, -0.25) is 9.59 Å². The van der Waals surface area contributed by atoms with Crippen molar-refractivity contribution in [2.24, 2.45) is 0 Å². The van der Waals surface area contributed by atoms with Crippen molar-refractivity contribution in [1.82, 2.24) is 0 Å². The van der Waals surface area contributed by atoms with Crippen molar-refractivity contribution >= 4 is 11.9 Å². The fourth-order valence-electron chi connectivity index (χ4n) is 5.25. The summed E-state index contributed by atoms with van der Waals surface area (Å²) in [5.74, 6) is 1.45. The Labute approximate surface area is 251 Å². The molecule has 0 saturated heterocycles. The topological polar surface area (TPSA) is 71.1 Å². The fraction of sp³-hybridized carbons (Fsp3) is 0.771.